The highest BCUT2D eigenvalue weighted by atomic mass is 32.1. The molecular formula is C15H17FN2O2S. The summed E-state index contributed by atoms with van der Waals surface area (Å²) in [5.41, 5.74) is 1.35. The first-order valence-electron chi connectivity index (χ1n) is 6.73. The number of thiazole rings is 1. The topological polar surface area (TPSA) is 62.2 Å². The van der Waals surface area contributed by atoms with Crippen LogP contribution in [0.15, 0.2) is 29.6 Å². The van der Waals surface area contributed by atoms with E-state index in [9.17, 15) is 9.18 Å². The second-order valence-corrected chi connectivity index (χ2v) is 5.54. The molecule has 1 amide bonds. The van der Waals surface area contributed by atoms with Gasteiger partial charge in [0, 0.05) is 10.9 Å². The lowest BCUT2D eigenvalue weighted by Crippen LogP contribution is -2.37. The van der Waals surface area contributed by atoms with E-state index in [0.717, 1.165) is 0 Å². The first-order chi connectivity index (χ1) is 10.1. The molecule has 1 unspecified atom stereocenters. The monoisotopic (exact) mass is 308 g/mol. The van der Waals surface area contributed by atoms with Crippen LogP contribution in [0, 0.1) is 5.82 Å². The van der Waals surface area contributed by atoms with Crippen LogP contribution in [0.3, 0.4) is 0 Å². The number of nitrogens with zero attached hydrogens (tertiary/aromatic N) is 1. The zero-order valence-electron chi connectivity index (χ0n) is 11.7. The smallest absolute Gasteiger partial charge is 0.226 e. The normalized spacial score (nSPS) is 12.1. The van der Waals surface area contributed by atoms with Gasteiger partial charge in [0.2, 0.25) is 5.91 Å². The largest absolute Gasteiger partial charge is 0.394 e. The zero-order valence-corrected chi connectivity index (χ0v) is 12.5. The second kappa shape index (κ2) is 7.28. The summed E-state index contributed by atoms with van der Waals surface area (Å²) in [5, 5.41) is 14.3. The highest BCUT2D eigenvalue weighted by Gasteiger charge is 2.12. The van der Waals surface area contributed by atoms with E-state index in [0.29, 0.717) is 22.7 Å². The van der Waals surface area contributed by atoms with Crippen molar-refractivity contribution >= 4 is 17.2 Å². The van der Waals surface area contributed by atoms with Gasteiger partial charge in [-0.05, 0) is 18.6 Å². The Morgan fingerprint density at radius 1 is 1.52 bits per heavy atom. The minimum Gasteiger partial charge on any atom is -0.394 e. The van der Waals surface area contributed by atoms with E-state index in [1.165, 1.54) is 23.5 Å². The van der Waals surface area contributed by atoms with Gasteiger partial charge in [0.1, 0.15) is 10.8 Å². The van der Waals surface area contributed by atoms with Gasteiger partial charge in [-0.1, -0.05) is 19.1 Å². The minimum absolute atomic E-state index is 0.0755. The minimum atomic E-state index is -0.310. The lowest BCUT2D eigenvalue weighted by molar-refractivity contribution is -0.121. The Labute approximate surface area is 126 Å². The first-order valence-corrected chi connectivity index (χ1v) is 7.61. The molecule has 0 saturated heterocycles. The molecule has 1 heterocycles. The molecule has 1 aromatic heterocycles. The summed E-state index contributed by atoms with van der Waals surface area (Å²) in [5.74, 6) is -0.484. The van der Waals surface area contributed by atoms with E-state index in [2.05, 4.69) is 10.3 Å². The van der Waals surface area contributed by atoms with Crippen LogP contribution >= 0.6 is 11.3 Å². The molecule has 0 fully saturated rings. The summed E-state index contributed by atoms with van der Waals surface area (Å²) >= 11 is 1.38. The number of carbonyl (C=O) groups excluding carboxylic acids is 1. The van der Waals surface area contributed by atoms with Crippen LogP contribution in [0.4, 0.5) is 4.39 Å². The fraction of sp³-hybridized carbons (Fsp3) is 0.333. The highest BCUT2D eigenvalue weighted by molar-refractivity contribution is 7.13. The molecule has 0 aliphatic carbocycles. The van der Waals surface area contributed by atoms with Gasteiger partial charge < -0.3 is 10.4 Å². The van der Waals surface area contributed by atoms with E-state index in [1.54, 1.807) is 17.5 Å². The Morgan fingerprint density at radius 2 is 2.33 bits per heavy atom. The van der Waals surface area contributed by atoms with E-state index < -0.39 is 0 Å². The zero-order chi connectivity index (χ0) is 15.2. The summed E-state index contributed by atoms with van der Waals surface area (Å²) in [6.07, 6.45) is 0.830. The van der Waals surface area contributed by atoms with Crippen molar-refractivity contribution in [3.63, 3.8) is 0 Å². The van der Waals surface area contributed by atoms with Gasteiger partial charge in [-0.2, -0.15) is 0 Å². The van der Waals surface area contributed by atoms with Crippen LogP contribution < -0.4 is 5.32 Å². The predicted molar refractivity (Wildman–Crippen MR) is 80.5 cm³/mol. The van der Waals surface area contributed by atoms with Crippen molar-refractivity contribution in [1.82, 2.24) is 10.3 Å². The molecule has 21 heavy (non-hydrogen) atoms. The molecule has 4 nitrogen and oxygen atoms in total. The summed E-state index contributed by atoms with van der Waals surface area (Å²) < 4.78 is 13.2. The summed E-state index contributed by atoms with van der Waals surface area (Å²) in [6, 6.07) is 5.99. The number of aliphatic hydroxyl groups is 1. The van der Waals surface area contributed by atoms with Crippen LogP contribution in [0.5, 0.6) is 0 Å². The number of hydrogen-bond donors (Lipinski definition) is 2. The first kappa shape index (κ1) is 15.6. The quantitative estimate of drug-likeness (QED) is 0.861. The molecule has 0 aliphatic heterocycles. The molecule has 0 saturated carbocycles. The number of carbonyl (C=O) groups is 1. The molecule has 1 aromatic carbocycles. The van der Waals surface area contributed by atoms with Crippen molar-refractivity contribution in [3.8, 4) is 10.6 Å². The van der Waals surface area contributed by atoms with E-state index in [1.807, 2.05) is 6.92 Å². The lowest BCUT2D eigenvalue weighted by atomic mass is 10.2. The van der Waals surface area contributed by atoms with Crippen molar-refractivity contribution < 1.29 is 14.3 Å². The Hall–Kier alpha value is -1.79. The summed E-state index contributed by atoms with van der Waals surface area (Å²) in [4.78, 5) is 16.2. The van der Waals surface area contributed by atoms with Crippen LogP contribution in [-0.2, 0) is 11.2 Å². The van der Waals surface area contributed by atoms with Crippen LogP contribution in [0.2, 0.25) is 0 Å². The molecule has 2 rings (SSSR count). The number of amides is 1. The fourth-order valence-electron chi connectivity index (χ4n) is 1.86. The maximum atomic E-state index is 13.2. The predicted octanol–water partition coefficient (Wildman–Crippen LogP) is 2.38. The van der Waals surface area contributed by atoms with Gasteiger partial charge in [0.05, 0.1) is 24.8 Å². The average molecular weight is 308 g/mol. The third-order valence-corrected chi connectivity index (χ3v) is 3.98. The Bertz CT molecular complexity index is 611. The number of benzene rings is 1. The summed E-state index contributed by atoms with van der Waals surface area (Å²) in [7, 11) is 0. The van der Waals surface area contributed by atoms with Crippen LogP contribution in [0.1, 0.15) is 19.0 Å². The third-order valence-electron chi connectivity index (χ3n) is 3.04. The Kier molecular flexibility index (Phi) is 5.41. The van der Waals surface area contributed by atoms with Gasteiger partial charge in [0.15, 0.2) is 0 Å². The third kappa shape index (κ3) is 4.34. The van der Waals surface area contributed by atoms with E-state index in [-0.39, 0.29) is 30.8 Å². The molecule has 0 spiro atoms. The van der Waals surface area contributed by atoms with Gasteiger partial charge in [-0.25, -0.2) is 9.37 Å². The molecule has 1 atom stereocenters. The average Bonchev–Trinajstić information content (AvgIpc) is 2.93. The fourth-order valence-corrected chi connectivity index (χ4v) is 2.68. The number of aliphatic hydroxyl groups excluding tert-OH is 1. The van der Waals surface area contributed by atoms with Crippen LogP contribution in [0.25, 0.3) is 10.6 Å². The van der Waals surface area contributed by atoms with E-state index in [4.69, 9.17) is 5.11 Å². The van der Waals surface area contributed by atoms with Gasteiger partial charge in [-0.3, -0.25) is 4.79 Å². The SMILES string of the molecule is CCC(CO)NC(=O)Cc1csc(-c2cccc(F)c2)n1. The van der Waals surface area contributed by atoms with E-state index >= 15 is 0 Å². The summed E-state index contributed by atoms with van der Waals surface area (Å²) in [6.45, 7) is 1.82. The number of aromatic nitrogens is 1. The molecular weight excluding hydrogens is 291 g/mol. The molecule has 112 valence electrons. The number of nitrogens with one attached hydrogen (secondary N) is 1. The Balaban J connectivity index is 2.02. The second-order valence-electron chi connectivity index (χ2n) is 4.69. The number of halogens is 1. The molecule has 0 aliphatic rings. The van der Waals surface area contributed by atoms with Crippen molar-refractivity contribution in [2.24, 2.45) is 0 Å². The number of rotatable bonds is 6. The van der Waals surface area contributed by atoms with Crippen LogP contribution in [-0.4, -0.2) is 28.6 Å². The number of hydrogen-bond acceptors (Lipinski definition) is 4. The van der Waals surface area contributed by atoms with Gasteiger partial charge in [0.25, 0.3) is 0 Å². The highest BCUT2D eigenvalue weighted by Crippen LogP contribution is 2.24. The van der Waals surface area contributed by atoms with Crippen molar-refractivity contribution in [3.05, 3.63) is 41.2 Å². The standard InChI is InChI=1S/C15H17FN2O2S/c1-2-12(8-19)17-14(20)7-13-9-21-15(18-13)10-4-3-5-11(16)6-10/h3-6,9,12,19H,2,7-8H2,1H3,(H,17,20). The van der Waals surface area contributed by atoms with Crippen molar-refractivity contribution in [2.75, 3.05) is 6.61 Å². The van der Waals surface area contributed by atoms with Crippen molar-refractivity contribution in [1.29, 1.82) is 0 Å². The van der Waals surface area contributed by atoms with Gasteiger partial charge >= 0.3 is 0 Å². The maximum absolute atomic E-state index is 13.2. The molecule has 0 radical (unpaired) electrons. The molecule has 2 N–H and O–H groups in total. The molecule has 6 heteroatoms. The lowest BCUT2D eigenvalue weighted by Gasteiger charge is -2.13. The Morgan fingerprint density at radius 3 is 3.00 bits per heavy atom. The molecule has 2 aromatic rings. The van der Waals surface area contributed by atoms with Gasteiger partial charge in [-0.15, -0.1) is 11.3 Å². The molecule has 0 bridgehead atoms. The maximum Gasteiger partial charge on any atom is 0.226 e. The van der Waals surface area contributed by atoms with Crippen molar-refractivity contribution in [2.45, 2.75) is 25.8 Å².